The van der Waals surface area contributed by atoms with Crippen molar-refractivity contribution in [3.05, 3.63) is 23.8 Å². The third kappa shape index (κ3) is 4.09. The predicted molar refractivity (Wildman–Crippen MR) is 105 cm³/mol. The fraction of sp³-hybridized carbons (Fsp3) is 0.619. The van der Waals surface area contributed by atoms with Gasteiger partial charge in [-0.15, -0.1) is 0 Å². The Morgan fingerprint density at radius 2 is 1.79 bits per heavy atom. The van der Waals surface area contributed by atoms with Crippen LogP contribution in [-0.2, 0) is 14.3 Å². The fourth-order valence-electron chi connectivity index (χ4n) is 4.06. The number of amides is 2. The van der Waals surface area contributed by atoms with Gasteiger partial charge >= 0.3 is 0 Å². The minimum atomic E-state index is -0.289. The van der Waals surface area contributed by atoms with Gasteiger partial charge in [-0.1, -0.05) is 19.9 Å². The summed E-state index contributed by atoms with van der Waals surface area (Å²) in [5.41, 5.74) is 0.939. The molecule has 3 rings (SSSR count). The van der Waals surface area contributed by atoms with E-state index >= 15 is 0 Å². The van der Waals surface area contributed by atoms with Crippen LogP contribution in [0.25, 0.3) is 0 Å². The fourth-order valence-corrected chi connectivity index (χ4v) is 4.06. The molecule has 0 saturated carbocycles. The number of carbonyl (C=O) groups is 2. The molecule has 0 bridgehead atoms. The lowest BCUT2D eigenvalue weighted by atomic mass is 9.87. The van der Waals surface area contributed by atoms with E-state index in [1.807, 2.05) is 41.8 Å². The predicted octanol–water partition coefficient (Wildman–Crippen LogP) is 1.76. The molecular weight excluding hydrogens is 360 g/mol. The summed E-state index contributed by atoms with van der Waals surface area (Å²) >= 11 is 0. The highest BCUT2D eigenvalue weighted by atomic mass is 16.5. The van der Waals surface area contributed by atoms with Gasteiger partial charge in [0.15, 0.2) is 0 Å². The van der Waals surface area contributed by atoms with Crippen molar-refractivity contribution in [1.29, 1.82) is 0 Å². The molecule has 2 amide bonds. The zero-order valence-corrected chi connectivity index (χ0v) is 17.1. The number of nitrogens with zero attached hydrogens (tertiary/aromatic N) is 2. The summed E-state index contributed by atoms with van der Waals surface area (Å²) in [5.74, 6) is 1.05. The van der Waals surface area contributed by atoms with Gasteiger partial charge in [0.05, 0.1) is 33.4 Å². The minimum absolute atomic E-state index is 0.0785. The smallest absolute Gasteiger partial charge is 0.228 e. The van der Waals surface area contributed by atoms with Crippen LogP contribution in [0.2, 0.25) is 0 Å². The molecule has 28 heavy (non-hydrogen) atoms. The van der Waals surface area contributed by atoms with Crippen molar-refractivity contribution in [2.45, 2.75) is 19.8 Å². The number of ether oxygens (including phenoxy) is 3. The zero-order chi connectivity index (χ0) is 20.3. The molecule has 2 aliphatic rings. The van der Waals surface area contributed by atoms with Crippen molar-refractivity contribution >= 4 is 11.8 Å². The molecule has 0 N–H and O–H groups in total. The second-order valence-corrected chi connectivity index (χ2v) is 7.66. The number of likely N-dealkylation sites (tertiary alicyclic amines) is 1. The summed E-state index contributed by atoms with van der Waals surface area (Å²) in [6.45, 7) is 7.05. The van der Waals surface area contributed by atoms with Crippen molar-refractivity contribution in [3.63, 3.8) is 0 Å². The summed E-state index contributed by atoms with van der Waals surface area (Å²) in [5, 5.41) is 0. The molecule has 0 unspecified atom stereocenters. The standard InChI is InChI=1S/C21H30N2O5/c1-14(2)20(24)23-12-17(16-6-5-15(26-3)11-19(16)27-4)18(13-23)21(25)22-7-9-28-10-8-22/h5-6,11,14,17-18H,7-10,12-13H2,1-4H3/t17-,18+/m1/s1. The molecule has 154 valence electrons. The van der Waals surface area contributed by atoms with Crippen LogP contribution < -0.4 is 9.47 Å². The molecule has 2 saturated heterocycles. The van der Waals surface area contributed by atoms with Crippen molar-refractivity contribution < 1.29 is 23.8 Å². The van der Waals surface area contributed by atoms with Gasteiger partial charge in [0, 0.05) is 49.6 Å². The Balaban J connectivity index is 1.92. The Morgan fingerprint density at radius 3 is 2.39 bits per heavy atom. The zero-order valence-electron chi connectivity index (χ0n) is 17.1. The molecule has 7 nitrogen and oxygen atoms in total. The molecule has 7 heteroatoms. The topological polar surface area (TPSA) is 68.3 Å². The number of carbonyl (C=O) groups excluding carboxylic acids is 2. The number of hydrogen-bond acceptors (Lipinski definition) is 5. The third-order valence-electron chi connectivity index (χ3n) is 5.61. The lowest BCUT2D eigenvalue weighted by molar-refractivity contribution is -0.140. The lowest BCUT2D eigenvalue weighted by Crippen LogP contribution is -2.45. The van der Waals surface area contributed by atoms with Crippen LogP contribution in [0.5, 0.6) is 11.5 Å². The monoisotopic (exact) mass is 390 g/mol. The molecule has 2 heterocycles. The van der Waals surface area contributed by atoms with Crippen LogP contribution in [0.1, 0.15) is 25.3 Å². The van der Waals surface area contributed by atoms with Crippen molar-refractivity contribution in [3.8, 4) is 11.5 Å². The van der Waals surface area contributed by atoms with E-state index in [9.17, 15) is 9.59 Å². The Labute approximate surface area is 166 Å². The second-order valence-electron chi connectivity index (χ2n) is 7.66. The molecule has 0 radical (unpaired) electrons. The van der Waals surface area contributed by atoms with Crippen LogP contribution in [0.3, 0.4) is 0 Å². The van der Waals surface area contributed by atoms with Gasteiger partial charge in [-0.05, 0) is 6.07 Å². The molecule has 0 aromatic heterocycles. The van der Waals surface area contributed by atoms with Gasteiger partial charge in [-0.25, -0.2) is 0 Å². The normalized spacial score (nSPS) is 22.5. The Bertz CT molecular complexity index is 715. The van der Waals surface area contributed by atoms with Crippen molar-refractivity contribution in [2.75, 3.05) is 53.6 Å². The Kier molecular flexibility index (Phi) is 6.44. The van der Waals surface area contributed by atoms with E-state index in [-0.39, 0.29) is 29.6 Å². The summed E-state index contributed by atoms with van der Waals surface area (Å²) in [4.78, 5) is 29.6. The van der Waals surface area contributed by atoms with Crippen molar-refractivity contribution in [2.24, 2.45) is 11.8 Å². The summed E-state index contributed by atoms with van der Waals surface area (Å²) in [7, 11) is 3.22. The van der Waals surface area contributed by atoms with Crippen LogP contribution >= 0.6 is 0 Å². The van der Waals surface area contributed by atoms with Crippen LogP contribution in [0, 0.1) is 11.8 Å². The van der Waals surface area contributed by atoms with Gasteiger partial charge in [-0.3, -0.25) is 9.59 Å². The van der Waals surface area contributed by atoms with Gasteiger partial charge in [0.25, 0.3) is 0 Å². The molecule has 2 aliphatic heterocycles. The van der Waals surface area contributed by atoms with Crippen molar-refractivity contribution in [1.82, 2.24) is 9.80 Å². The maximum atomic E-state index is 13.3. The number of methoxy groups -OCH3 is 2. The van der Waals surface area contributed by atoms with E-state index in [0.29, 0.717) is 50.9 Å². The second kappa shape index (κ2) is 8.82. The number of morpholine rings is 1. The number of hydrogen-bond donors (Lipinski definition) is 0. The van der Waals surface area contributed by atoms with Gasteiger partial charge in [0.1, 0.15) is 11.5 Å². The first-order chi connectivity index (χ1) is 13.5. The molecule has 0 aliphatic carbocycles. The molecular formula is C21H30N2O5. The lowest BCUT2D eigenvalue weighted by Gasteiger charge is -2.31. The Hall–Kier alpha value is -2.28. The highest BCUT2D eigenvalue weighted by molar-refractivity contribution is 5.84. The number of benzene rings is 1. The first-order valence-electron chi connectivity index (χ1n) is 9.83. The van der Waals surface area contributed by atoms with E-state index in [2.05, 4.69) is 0 Å². The maximum absolute atomic E-state index is 13.3. The van der Waals surface area contributed by atoms with E-state index in [1.54, 1.807) is 14.2 Å². The van der Waals surface area contributed by atoms with Crippen LogP contribution in [0.15, 0.2) is 18.2 Å². The van der Waals surface area contributed by atoms with E-state index in [4.69, 9.17) is 14.2 Å². The first-order valence-corrected chi connectivity index (χ1v) is 9.83. The van der Waals surface area contributed by atoms with Crippen LogP contribution in [0.4, 0.5) is 0 Å². The SMILES string of the molecule is COc1ccc([C@H]2CN(C(=O)C(C)C)C[C@@H]2C(=O)N2CCOCC2)c(OC)c1. The number of rotatable bonds is 5. The maximum Gasteiger partial charge on any atom is 0.228 e. The molecule has 1 aromatic rings. The quantitative estimate of drug-likeness (QED) is 0.766. The molecule has 0 spiro atoms. The first kappa shape index (κ1) is 20.5. The third-order valence-corrected chi connectivity index (χ3v) is 5.61. The minimum Gasteiger partial charge on any atom is -0.497 e. The highest BCUT2D eigenvalue weighted by Crippen LogP contribution is 2.40. The summed E-state index contributed by atoms with van der Waals surface area (Å²) in [6.07, 6.45) is 0. The molecule has 2 fully saturated rings. The van der Waals surface area contributed by atoms with Gasteiger partial charge < -0.3 is 24.0 Å². The van der Waals surface area contributed by atoms with Crippen LogP contribution in [-0.4, -0.2) is 75.2 Å². The van der Waals surface area contributed by atoms with E-state index in [1.165, 1.54) is 0 Å². The average Bonchev–Trinajstić information content (AvgIpc) is 3.17. The summed E-state index contributed by atoms with van der Waals surface area (Å²) < 4.78 is 16.3. The van der Waals surface area contributed by atoms with Gasteiger partial charge in [-0.2, -0.15) is 0 Å². The summed E-state index contributed by atoms with van der Waals surface area (Å²) in [6, 6.07) is 5.66. The Morgan fingerprint density at radius 1 is 1.07 bits per heavy atom. The molecule has 1 aromatic carbocycles. The molecule has 2 atom stereocenters. The highest BCUT2D eigenvalue weighted by Gasteiger charge is 2.43. The van der Waals surface area contributed by atoms with E-state index in [0.717, 1.165) is 5.56 Å². The van der Waals surface area contributed by atoms with Gasteiger partial charge in [0.2, 0.25) is 11.8 Å². The average molecular weight is 390 g/mol. The van der Waals surface area contributed by atoms with E-state index < -0.39 is 0 Å². The largest absolute Gasteiger partial charge is 0.497 e.